The molecule has 2 rings (SSSR count). The zero-order valence-corrected chi connectivity index (χ0v) is 12.9. The van der Waals surface area contributed by atoms with Gasteiger partial charge in [-0.05, 0) is 30.3 Å². The van der Waals surface area contributed by atoms with Crippen molar-refractivity contribution in [2.24, 2.45) is 11.5 Å². The normalized spacial score (nSPS) is 9.50. The first kappa shape index (κ1) is 17.4. The van der Waals surface area contributed by atoms with Crippen LogP contribution in [0.5, 0.6) is 0 Å². The highest BCUT2D eigenvalue weighted by atomic mass is 32.1. The molecule has 0 bridgehead atoms. The Morgan fingerprint density at radius 2 is 2.09 bits per heavy atom. The summed E-state index contributed by atoms with van der Waals surface area (Å²) in [5.74, 6) is -0.783. The lowest BCUT2D eigenvalue weighted by molar-refractivity contribution is 0.0997. The summed E-state index contributed by atoms with van der Waals surface area (Å²) in [7, 11) is 1.68. The second-order valence-corrected chi connectivity index (χ2v) is 4.69. The fourth-order valence-electron chi connectivity index (χ4n) is 1.69. The Labute approximate surface area is 132 Å². The number of primary amides is 1. The van der Waals surface area contributed by atoms with Crippen LogP contribution in [0.2, 0.25) is 0 Å². The molecule has 1 amide bonds. The number of carbonyl (C=O) groups is 1. The van der Waals surface area contributed by atoms with Crippen LogP contribution in [-0.4, -0.2) is 18.1 Å². The Hall–Kier alpha value is -2.67. The van der Waals surface area contributed by atoms with E-state index < -0.39 is 11.5 Å². The minimum Gasteiger partial charge on any atom is -0.422 e. The summed E-state index contributed by atoms with van der Waals surface area (Å²) in [6, 6.07) is 6.89. The van der Waals surface area contributed by atoms with Gasteiger partial charge in [-0.15, -0.1) is 6.58 Å². The van der Waals surface area contributed by atoms with Crippen molar-refractivity contribution in [3.05, 3.63) is 58.5 Å². The number of rotatable bonds is 3. The predicted molar refractivity (Wildman–Crippen MR) is 90.7 cm³/mol. The molecule has 1 heterocycles. The minimum atomic E-state index is -0.783. The fourth-order valence-corrected chi connectivity index (χ4v) is 1.69. The first-order chi connectivity index (χ1) is 10.4. The Kier molecular flexibility index (Phi) is 6.27. The van der Waals surface area contributed by atoms with E-state index in [4.69, 9.17) is 15.9 Å². The number of hydrogen-bond donors (Lipinski definition) is 3. The van der Waals surface area contributed by atoms with Crippen LogP contribution in [0.25, 0.3) is 11.0 Å². The Morgan fingerprint density at radius 1 is 1.45 bits per heavy atom. The number of carbonyl (C=O) groups excluding carboxylic acids is 1. The van der Waals surface area contributed by atoms with Gasteiger partial charge in [0.25, 0.3) is 5.91 Å². The highest BCUT2D eigenvalue weighted by Crippen LogP contribution is 2.18. The first-order valence-electron chi connectivity index (χ1n) is 6.34. The third-order valence-electron chi connectivity index (χ3n) is 2.72. The first-order valence-corrected chi connectivity index (χ1v) is 6.75. The molecule has 0 aliphatic rings. The van der Waals surface area contributed by atoms with Crippen molar-refractivity contribution in [1.29, 1.82) is 0 Å². The quantitative estimate of drug-likeness (QED) is 0.443. The van der Waals surface area contributed by atoms with E-state index in [-0.39, 0.29) is 5.56 Å². The molecule has 7 heteroatoms. The number of thiocarbonyl (C=S) groups is 1. The summed E-state index contributed by atoms with van der Waals surface area (Å²) >= 11 is 4.36. The second-order valence-electron chi connectivity index (χ2n) is 4.25. The molecule has 0 aliphatic heterocycles. The van der Waals surface area contributed by atoms with Crippen molar-refractivity contribution in [1.82, 2.24) is 5.32 Å². The zero-order chi connectivity index (χ0) is 16.7. The summed E-state index contributed by atoms with van der Waals surface area (Å²) in [6.07, 6.45) is 2.31. The van der Waals surface area contributed by atoms with Crippen LogP contribution in [0.3, 0.4) is 0 Å². The monoisotopic (exact) mass is 319 g/mol. The van der Waals surface area contributed by atoms with E-state index in [1.165, 1.54) is 6.07 Å². The molecular formula is C15H17N3O3S. The van der Waals surface area contributed by atoms with E-state index in [0.29, 0.717) is 22.5 Å². The lowest BCUT2D eigenvalue weighted by atomic mass is 10.1. The highest BCUT2D eigenvalue weighted by Gasteiger charge is 2.11. The topological polar surface area (TPSA) is 111 Å². The molecule has 2 aromatic rings. The number of allylic oxidation sites excluding steroid dienone is 1. The van der Waals surface area contributed by atoms with Crippen LogP contribution >= 0.6 is 12.2 Å². The third-order valence-corrected chi connectivity index (χ3v) is 2.92. The van der Waals surface area contributed by atoms with Gasteiger partial charge in [0.05, 0.1) is 0 Å². The maximum atomic E-state index is 11.5. The molecule has 0 radical (unpaired) electrons. The van der Waals surface area contributed by atoms with Crippen LogP contribution < -0.4 is 22.4 Å². The molecule has 0 spiro atoms. The Bertz CT molecular complexity index is 768. The maximum Gasteiger partial charge on any atom is 0.349 e. The summed E-state index contributed by atoms with van der Waals surface area (Å²) in [5, 5.41) is 3.55. The van der Waals surface area contributed by atoms with Gasteiger partial charge in [-0.3, -0.25) is 4.79 Å². The summed E-state index contributed by atoms with van der Waals surface area (Å²) < 4.78 is 5.13. The largest absolute Gasteiger partial charge is 0.422 e. The van der Waals surface area contributed by atoms with Crippen LogP contribution in [0, 0.1) is 0 Å². The van der Waals surface area contributed by atoms with E-state index >= 15 is 0 Å². The second kappa shape index (κ2) is 7.94. The lowest BCUT2D eigenvalue weighted by Crippen LogP contribution is -2.24. The van der Waals surface area contributed by atoms with Gasteiger partial charge in [0.1, 0.15) is 11.1 Å². The number of nitrogens with two attached hydrogens (primary N) is 2. The SMILES string of the molecule is C=CCc1cccc2cc(C(N)=O)c(=O)oc12.CNC(N)=S. The number of nitrogens with one attached hydrogen (secondary N) is 1. The van der Waals surface area contributed by atoms with Gasteiger partial charge >= 0.3 is 5.63 Å². The number of amides is 1. The molecule has 22 heavy (non-hydrogen) atoms. The number of hydrogen-bond acceptors (Lipinski definition) is 4. The molecule has 0 unspecified atom stereocenters. The molecule has 116 valence electrons. The molecular weight excluding hydrogens is 302 g/mol. The number of benzene rings is 1. The summed E-state index contributed by atoms with van der Waals surface area (Å²) in [6.45, 7) is 3.64. The van der Waals surface area contributed by atoms with Crippen molar-refractivity contribution in [2.45, 2.75) is 6.42 Å². The molecule has 0 saturated carbocycles. The number of fused-ring (bicyclic) bond motifs is 1. The van der Waals surface area contributed by atoms with E-state index in [9.17, 15) is 9.59 Å². The number of para-hydroxylation sites is 1. The Balaban J connectivity index is 0.000000422. The van der Waals surface area contributed by atoms with Crippen LogP contribution in [0.4, 0.5) is 0 Å². The molecule has 0 saturated heterocycles. The summed E-state index contributed by atoms with van der Waals surface area (Å²) in [5.41, 5.74) is 10.5. The van der Waals surface area contributed by atoms with Crippen molar-refractivity contribution in [2.75, 3.05) is 7.05 Å². The van der Waals surface area contributed by atoms with Crippen molar-refractivity contribution < 1.29 is 9.21 Å². The summed E-state index contributed by atoms with van der Waals surface area (Å²) in [4.78, 5) is 22.6. The van der Waals surface area contributed by atoms with E-state index in [1.54, 1.807) is 19.2 Å². The highest BCUT2D eigenvalue weighted by molar-refractivity contribution is 7.80. The molecule has 1 aromatic carbocycles. The molecule has 5 N–H and O–H groups in total. The zero-order valence-electron chi connectivity index (χ0n) is 12.1. The van der Waals surface area contributed by atoms with Gasteiger partial charge in [0.2, 0.25) is 0 Å². The fraction of sp³-hybridized carbons (Fsp3) is 0.133. The van der Waals surface area contributed by atoms with Gasteiger partial charge in [0.15, 0.2) is 5.11 Å². The van der Waals surface area contributed by atoms with Crippen molar-refractivity contribution in [3.63, 3.8) is 0 Å². The van der Waals surface area contributed by atoms with Crippen molar-refractivity contribution >= 4 is 34.2 Å². The van der Waals surface area contributed by atoms with Crippen LogP contribution in [0.15, 0.2) is 46.1 Å². The molecule has 0 fully saturated rings. The van der Waals surface area contributed by atoms with Crippen molar-refractivity contribution in [3.8, 4) is 0 Å². The standard InChI is InChI=1S/C13H11NO3.C2H6N2S/c1-2-4-8-5-3-6-9-7-10(12(14)15)13(16)17-11(8)9;1-4-2(3)5/h2-3,5-7H,1,4H2,(H2,14,15);1H3,(H3,3,4,5). The Morgan fingerprint density at radius 3 is 2.59 bits per heavy atom. The van der Waals surface area contributed by atoms with E-state index in [0.717, 1.165) is 5.56 Å². The molecule has 1 aromatic heterocycles. The predicted octanol–water partition coefficient (Wildman–Crippen LogP) is 1.07. The van der Waals surface area contributed by atoms with E-state index in [2.05, 4.69) is 24.1 Å². The van der Waals surface area contributed by atoms with Gasteiger partial charge in [-0.2, -0.15) is 0 Å². The van der Waals surface area contributed by atoms with Crippen LogP contribution in [0.1, 0.15) is 15.9 Å². The average molecular weight is 319 g/mol. The van der Waals surface area contributed by atoms with Crippen LogP contribution in [-0.2, 0) is 6.42 Å². The van der Waals surface area contributed by atoms with E-state index in [1.807, 2.05) is 12.1 Å². The molecule has 6 nitrogen and oxygen atoms in total. The lowest BCUT2D eigenvalue weighted by Gasteiger charge is -2.03. The van der Waals surface area contributed by atoms with Gasteiger partial charge in [-0.25, -0.2) is 4.79 Å². The van der Waals surface area contributed by atoms with Gasteiger partial charge in [-0.1, -0.05) is 24.3 Å². The maximum absolute atomic E-state index is 11.5. The smallest absolute Gasteiger partial charge is 0.349 e. The van der Waals surface area contributed by atoms with Gasteiger partial charge < -0.3 is 21.2 Å². The molecule has 0 aliphatic carbocycles. The van der Waals surface area contributed by atoms with Gasteiger partial charge in [0, 0.05) is 12.4 Å². The minimum absolute atomic E-state index is 0.131. The third kappa shape index (κ3) is 4.42. The molecule has 0 atom stereocenters. The average Bonchev–Trinajstić information content (AvgIpc) is 2.48.